The largest absolute Gasteiger partial charge is 0.377 e. The Bertz CT molecular complexity index is 352. The minimum atomic E-state index is -0.180. The molecule has 0 aliphatic carbocycles. The summed E-state index contributed by atoms with van der Waals surface area (Å²) in [7, 11) is 1.71. The second kappa shape index (κ2) is 5.69. The third kappa shape index (κ3) is 3.90. The average molecular weight is 282 g/mol. The highest BCUT2D eigenvalue weighted by molar-refractivity contribution is 7.20. The maximum absolute atomic E-state index is 6.09. The lowest BCUT2D eigenvalue weighted by Gasteiger charge is -2.25. The fraction of sp³-hybridized carbons (Fsp3) is 0.636. The van der Waals surface area contributed by atoms with E-state index in [0.717, 1.165) is 20.8 Å². The molecule has 92 valence electrons. The van der Waals surface area contributed by atoms with Gasteiger partial charge in [-0.05, 0) is 32.4 Å². The summed E-state index contributed by atoms with van der Waals surface area (Å²) in [5.41, 5.74) is 0.865. The molecule has 0 bridgehead atoms. The van der Waals surface area contributed by atoms with Crippen LogP contribution in [-0.4, -0.2) is 19.3 Å². The molecule has 1 atom stereocenters. The molecule has 0 aromatic carbocycles. The first kappa shape index (κ1) is 14.3. The van der Waals surface area contributed by atoms with E-state index in [2.05, 4.69) is 12.2 Å². The lowest BCUT2D eigenvalue weighted by atomic mass is 10.1. The average Bonchev–Trinajstić information content (AvgIpc) is 2.54. The molecule has 2 nitrogen and oxygen atoms in total. The van der Waals surface area contributed by atoms with Gasteiger partial charge in [-0.15, -0.1) is 11.3 Å². The van der Waals surface area contributed by atoms with Crippen LogP contribution in [0.4, 0.5) is 0 Å². The Morgan fingerprint density at radius 3 is 2.56 bits per heavy atom. The molecule has 1 heterocycles. The Morgan fingerprint density at radius 1 is 1.50 bits per heavy atom. The Labute approximate surface area is 111 Å². The van der Waals surface area contributed by atoms with E-state index in [1.807, 2.05) is 19.9 Å². The molecule has 0 saturated heterocycles. The quantitative estimate of drug-likeness (QED) is 0.876. The summed E-state index contributed by atoms with van der Waals surface area (Å²) in [6.45, 7) is 6.90. The van der Waals surface area contributed by atoms with Gasteiger partial charge in [0.1, 0.15) is 0 Å². The highest BCUT2D eigenvalue weighted by Gasteiger charge is 2.19. The highest BCUT2D eigenvalue weighted by Crippen LogP contribution is 2.34. The molecule has 0 saturated carbocycles. The molecule has 1 N–H and O–H groups in total. The maximum atomic E-state index is 6.09. The number of rotatable bonds is 5. The standard InChI is InChI=1S/C11H17Cl2NOS/c1-7(14-6-11(2,3)15-4)8-5-9(12)16-10(8)13/h5,7,14H,6H2,1-4H3. The van der Waals surface area contributed by atoms with Gasteiger partial charge in [-0.2, -0.15) is 0 Å². The lowest BCUT2D eigenvalue weighted by Crippen LogP contribution is -2.37. The van der Waals surface area contributed by atoms with Crippen LogP contribution < -0.4 is 5.32 Å². The van der Waals surface area contributed by atoms with Crippen LogP contribution in [0.1, 0.15) is 32.4 Å². The first-order valence-electron chi connectivity index (χ1n) is 5.09. The minimum Gasteiger partial charge on any atom is -0.377 e. The molecule has 1 aromatic heterocycles. The van der Waals surface area contributed by atoms with Gasteiger partial charge < -0.3 is 10.1 Å². The van der Waals surface area contributed by atoms with Gasteiger partial charge >= 0.3 is 0 Å². The Kier molecular flexibility index (Phi) is 5.08. The third-order valence-corrected chi connectivity index (χ3v) is 4.05. The number of thiophene rings is 1. The van der Waals surface area contributed by atoms with Gasteiger partial charge in [0.15, 0.2) is 0 Å². The van der Waals surface area contributed by atoms with Gasteiger partial charge in [0, 0.05) is 19.7 Å². The van der Waals surface area contributed by atoms with Crippen molar-refractivity contribution in [1.29, 1.82) is 0 Å². The minimum absolute atomic E-state index is 0.172. The van der Waals surface area contributed by atoms with Gasteiger partial charge in [-0.1, -0.05) is 23.2 Å². The normalized spacial score (nSPS) is 14.1. The van der Waals surface area contributed by atoms with Crippen molar-refractivity contribution in [1.82, 2.24) is 5.32 Å². The predicted molar refractivity (Wildman–Crippen MR) is 71.8 cm³/mol. The van der Waals surface area contributed by atoms with Gasteiger partial charge in [0.2, 0.25) is 0 Å². The molecule has 0 amide bonds. The van der Waals surface area contributed by atoms with Crippen LogP contribution in [-0.2, 0) is 4.74 Å². The van der Waals surface area contributed by atoms with E-state index < -0.39 is 0 Å². The topological polar surface area (TPSA) is 21.3 Å². The second-order valence-electron chi connectivity index (χ2n) is 4.35. The molecule has 5 heteroatoms. The SMILES string of the molecule is COC(C)(C)CNC(C)c1cc(Cl)sc1Cl. The van der Waals surface area contributed by atoms with Gasteiger partial charge in [0.25, 0.3) is 0 Å². The van der Waals surface area contributed by atoms with Crippen LogP contribution in [0.3, 0.4) is 0 Å². The molecule has 1 aromatic rings. The zero-order valence-corrected chi connectivity index (χ0v) is 12.3. The van der Waals surface area contributed by atoms with Crippen molar-refractivity contribution in [3.63, 3.8) is 0 Å². The summed E-state index contributed by atoms with van der Waals surface area (Å²) in [5, 5.41) is 3.38. The molecule has 0 spiro atoms. The summed E-state index contributed by atoms with van der Waals surface area (Å²) < 4.78 is 6.81. The van der Waals surface area contributed by atoms with Crippen molar-refractivity contribution in [2.24, 2.45) is 0 Å². The van der Waals surface area contributed by atoms with Crippen molar-refractivity contribution in [3.8, 4) is 0 Å². The van der Waals surface area contributed by atoms with Gasteiger partial charge in [-0.3, -0.25) is 0 Å². The van der Waals surface area contributed by atoms with Crippen molar-refractivity contribution in [2.45, 2.75) is 32.4 Å². The van der Waals surface area contributed by atoms with E-state index in [1.54, 1.807) is 7.11 Å². The van der Waals surface area contributed by atoms with E-state index >= 15 is 0 Å². The van der Waals surface area contributed by atoms with Crippen LogP contribution in [0.5, 0.6) is 0 Å². The maximum Gasteiger partial charge on any atom is 0.0991 e. The van der Waals surface area contributed by atoms with Gasteiger partial charge in [0.05, 0.1) is 14.3 Å². The Morgan fingerprint density at radius 2 is 2.12 bits per heavy atom. The van der Waals surface area contributed by atoms with Crippen molar-refractivity contribution < 1.29 is 4.74 Å². The Hall–Kier alpha value is 0.200. The molecule has 0 fully saturated rings. The van der Waals surface area contributed by atoms with Crippen molar-refractivity contribution in [2.75, 3.05) is 13.7 Å². The van der Waals surface area contributed by atoms with Gasteiger partial charge in [-0.25, -0.2) is 0 Å². The molecule has 0 aliphatic rings. The zero-order chi connectivity index (χ0) is 12.3. The number of methoxy groups -OCH3 is 1. The molecular formula is C11H17Cl2NOS. The molecule has 1 unspecified atom stereocenters. The zero-order valence-electron chi connectivity index (χ0n) is 9.93. The number of hydrogen-bond donors (Lipinski definition) is 1. The Balaban J connectivity index is 2.59. The third-order valence-electron chi connectivity index (χ3n) is 2.54. The molecule has 16 heavy (non-hydrogen) atoms. The van der Waals surface area contributed by atoms with Crippen molar-refractivity contribution in [3.05, 3.63) is 20.3 Å². The van der Waals surface area contributed by atoms with E-state index in [1.165, 1.54) is 11.3 Å². The molecular weight excluding hydrogens is 265 g/mol. The summed E-state index contributed by atoms with van der Waals surface area (Å²) in [6.07, 6.45) is 0. The van der Waals surface area contributed by atoms with E-state index in [-0.39, 0.29) is 11.6 Å². The molecule has 0 radical (unpaired) electrons. The van der Waals surface area contributed by atoms with Crippen molar-refractivity contribution >= 4 is 34.5 Å². The summed E-state index contributed by atoms with van der Waals surface area (Å²) >= 11 is 13.4. The second-order valence-corrected chi connectivity index (χ2v) is 6.63. The van der Waals surface area contributed by atoms with E-state index in [0.29, 0.717) is 0 Å². The lowest BCUT2D eigenvalue weighted by molar-refractivity contribution is 0.0214. The van der Waals surface area contributed by atoms with Crippen LogP contribution in [0.25, 0.3) is 0 Å². The van der Waals surface area contributed by atoms with Crippen LogP contribution >= 0.6 is 34.5 Å². The fourth-order valence-electron chi connectivity index (χ4n) is 1.23. The number of ether oxygens (including phenoxy) is 1. The van der Waals surface area contributed by atoms with Crippen LogP contribution in [0.15, 0.2) is 6.07 Å². The highest BCUT2D eigenvalue weighted by atomic mass is 35.5. The number of halogens is 2. The molecule has 0 aliphatic heterocycles. The molecule has 1 rings (SSSR count). The van der Waals surface area contributed by atoms with E-state index in [9.17, 15) is 0 Å². The van der Waals surface area contributed by atoms with Crippen LogP contribution in [0, 0.1) is 0 Å². The summed E-state index contributed by atoms with van der Waals surface area (Å²) in [6, 6.07) is 2.08. The monoisotopic (exact) mass is 281 g/mol. The van der Waals surface area contributed by atoms with Crippen LogP contribution in [0.2, 0.25) is 8.67 Å². The smallest absolute Gasteiger partial charge is 0.0991 e. The van der Waals surface area contributed by atoms with E-state index in [4.69, 9.17) is 27.9 Å². The summed E-state index contributed by atoms with van der Waals surface area (Å²) in [4.78, 5) is 0. The summed E-state index contributed by atoms with van der Waals surface area (Å²) in [5.74, 6) is 0. The first-order chi connectivity index (χ1) is 7.35. The number of hydrogen-bond acceptors (Lipinski definition) is 3. The fourth-order valence-corrected chi connectivity index (χ4v) is 2.87. The first-order valence-corrected chi connectivity index (χ1v) is 6.66. The number of nitrogens with one attached hydrogen (secondary N) is 1. The predicted octanol–water partition coefficient (Wildman–Crippen LogP) is 4.13.